The number of carboxylic acid groups (broad SMARTS) is 1. The van der Waals surface area contributed by atoms with Crippen molar-refractivity contribution in [1.29, 1.82) is 0 Å². The number of nitrogens with one attached hydrogen (secondary N) is 1. The lowest BCUT2D eigenvalue weighted by atomic mass is 9.84. The molecule has 0 saturated carbocycles. The third-order valence-electron chi connectivity index (χ3n) is 6.85. The first kappa shape index (κ1) is 25.8. The number of piperazine rings is 2. The number of hydrogen-bond acceptors (Lipinski definition) is 4. The van der Waals surface area contributed by atoms with Crippen molar-refractivity contribution >= 4 is 25.0 Å². The molecule has 2 fully saturated rings. The Balaban J connectivity index is 1.95. The van der Waals surface area contributed by atoms with Crippen LogP contribution in [0.5, 0.6) is 0 Å². The number of carbonyl (C=O) groups is 1. The van der Waals surface area contributed by atoms with Gasteiger partial charge in [0.25, 0.3) is 0 Å². The van der Waals surface area contributed by atoms with E-state index in [1.807, 2.05) is 31.7 Å². The zero-order chi connectivity index (χ0) is 24.6. The zero-order valence-electron chi connectivity index (χ0n) is 20.3. The van der Waals surface area contributed by atoms with Gasteiger partial charge in [0.05, 0.1) is 19.7 Å². The minimum atomic E-state index is -4.43. The van der Waals surface area contributed by atoms with Crippen LogP contribution in [-0.2, 0) is 6.18 Å². The second kappa shape index (κ2) is 9.46. The molecule has 6 nitrogen and oxygen atoms in total. The van der Waals surface area contributed by atoms with Gasteiger partial charge in [-0.2, -0.15) is 13.2 Å². The molecule has 186 valence electrons. The molecule has 0 radical (unpaired) electrons. The summed E-state index contributed by atoms with van der Waals surface area (Å²) in [6, 6.07) is 4.19. The first-order valence-corrected chi connectivity index (χ1v) is 14.8. The SMILES string of the molecule is CC(C)(C)C1CN(c2cc(C(F)(F)F)cc([Si](C)(C)CN3CCNCC3)c2)CCN1C(=O)O. The van der Waals surface area contributed by atoms with Crippen molar-refractivity contribution in [3.8, 4) is 0 Å². The Morgan fingerprint density at radius 1 is 1.09 bits per heavy atom. The molecule has 10 heteroatoms. The molecule has 0 aliphatic carbocycles. The van der Waals surface area contributed by atoms with Crippen LogP contribution in [0.4, 0.5) is 23.7 Å². The number of nitrogens with zero attached hydrogens (tertiary/aromatic N) is 3. The lowest BCUT2D eigenvalue weighted by Crippen LogP contribution is -2.60. The molecular weight excluding hydrogens is 449 g/mol. The quantitative estimate of drug-likeness (QED) is 0.640. The van der Waals surface area contributed by atoms with Gasteiger partial charge in [-0.05, 0) is 23.7 Å². The van der Waals surface area contributed by atoms with E-state index in [0.717, 1.165) is 37.5 Å². The van der Waals surface area contributed by atoms with E-state index in [0.29, 0.717) is 18.8 Å². The highest BCUT2D eigenvalue weighted by Crippen LogP contribution is 2.34. The predicted molar refractivity (Wildman–Crippen MR) is 128 cm³/mol. The van der Waals surface area contributed by atoms with E-state index in [9.17, 15) is 23.1 Å². The molecule has 2 aliphatic heterocycles. The number of benzene rings is 1. The number of hydrogen-bond donors (Lipinski definition) is 2. The van der Waals surface area contributed by atoms with Crippen molar-refractivity contribution in [3.63, 3.8) is 0 Å². The van der Waals surface area contributed by atoms with E-state index < -0.39 is 25.9 Å². The van der Waals surface area contributed by atoms with Crippen LogP contribution >= 0.6 is 0 Å². The fraction of sp³-hybridized carbons (Fsp3) is 0.696. The summed E-state index contributed by atoms with van der Waals surface area (Å²) >= 11 is 0. The molecule has 2 saturated heterocycles. The fourth-order valence-corrected chi connectivity index (χ4v) is 7.56. The molecule has 33 heavy (non-hydrogen) atoms. The minimum Gasteiger partial charge on any atom is -0.465 e. The van der Waals surface area contributed by atoms with Gasteiger partial charge >= 0.3 is 12.3 Å². The van der Waals surface area contributed by atoms with Gasteiger partial charge in [0, 0.05) is 51.5 Å². The smallest absolute Gasteiger partial charge is 0.416 e. The second-order valence-corrected chi connectivity index (χ2v) is 15.6. The molecule has 0 aromatic heterocycles. The normalized spacial score (nSPS) is 21.4. The van der Waals surface area contributed by atoms with E-state index in [4.69, 9.17) is 0 Å². The third-order valence-corrected chi connectivity index (χ3v) is 9.94. The maximum absolute atomic E-state index is 13.9. The largest absolute Gasteiger partial charge is 0.465 e. The van der Waals surface area contributed by atoms with Crippen molar-refractivity contribution in [3.05, 3.63) is 23.8 Å². The molecule has 0 bridgehead atoms. The molecule has 2 aliphatic rings. The van der Waals surface area contributed by atoms with E-state index in [1.54, 1.807) is 0 Å². The van der Waals surface area contributed by atoms with E-state index >= 15 is 0 Å². The van der Waals surface area contributed by atoms with Gasteiger partial charge < -0.3 is 25.1 Å². The van der Waals surface area contributed by atoms with Gasteiger partial charge in [0.15, 0.2) is 0 Å². The van der Waals surface area contributed by atoms with E-state index in [-0.39, 0.29) is 18.0 Å². The van der Waals surface area contributed by atoms with Gasteiger partial charge in [-0.1, -0.05) is 45.1 Å². The third kappa shape index (κ3) is 6.22. The molecule has 3 rings (SSSR count). The minimum absolute atomic E-state index is 0.268. The Bertz CT molecular complexity index is 851. The summed E-state index contributed by atoms with van der Waals surface area (Å²) in [4.78, 5) is 17.5. The highest BCUT2D eigenvalue weighted by atomic mass is 28.3. The topological polar surface area (TPSA) is 59.0 Å². The number of rotatable bonds is 4. The van der Waals surface area contributed by atoms with Gasteiger partial charge in [-0.25, -0.2) is 4.79 Å². The van der Waals surface area contributed by atoms with Gasteiger partial charge in [0.2, 0.25) is 0 Å². The Kier molecular flexibility index (Phi) is 7.41. The van der Waals surface area contributed by atoms with Crippen LogP contribution in [-0.4, -0.2) is 87.1 Å². The highest BCUT2D eigenvalue weighted by molar-refractivity contribution is 6.90. The maximum Gasteiger partial charge on any atom is 0.416 e. The average Bonchev–Trinajstić information content (AvgIpc) is 2.72. The average molecular weight is 487 g/mol. The summed E-state index contributed by atoms with van der Waals surface area (Å²) in [7, 11) is -2.19. The van der Waals surface area contributed by atoms with Crippen molar-refractivity contribution in [2.75, 3.05) is 56.9 Å². The molecule has 0 spiro atoms. The number of amides is 1. The Morgan fingerprint density at radius 2 is 1.73 bits per heavy atom. The van der Waals surface area contributed by atoms with Crippen molar-refractivity contribution < 1.29 is 23.1 Å². The molecule has 1 amide bonds. The lowest BCUT2D eigenvalue weighted by molar-refractivity contribution is -0.137. The molecule has 1 aromatic rings. The number of anilines is 1. The summed E-state index contributed by atoms with van der Waals surface area (Å²) in [5, 5.41) is 13.8. The first-order chi connectivity index (χ1) is 15.2. The van der Waals surface area contributed by atoms with Crippen molar-refractivity contribution in [1.82, 2.24) is 15.1 Å². The van der Waals surface area contributed by atoms with Gasteiger partial charge in [-0.3, -0.25) is 0 Å². The van der Waals surface area contributed by atoms with E-state index in [1.165, 1.54) is 17.0 Å². The number of alkyl halides is 3. The van der Waals surface area contributed by atoms with Crippen molar-refractivity contribution in [2.45, 2.75) is 46.1 Å². The zero-order valence-corrected chi connectivity index (χ0v) is 21.3. The number of halogens is 3. The molecule has 1 atom stereocenters. The van der Waals surface area contributed by atoms with Crippen LogP contribution in [0.25, 0.3) is 0 Å². The van der Waals surface area contributed by atoms with Gasteiger partial charge in [-0.15, -0.1) is 0 Å². The first-order valence-electron chi connectivity index (χ1n) is 11.6. The second-order valence-electron chi connectivity index (χ2n) is 11.0. The fourth-order valence-electron chi connectivity index (χ4n) is 4.86. The Labute approximate surface area is 195 Å². The summed E-state index contributed by atoms with van der Waals surface area (Å²) in [6.45, 7) is 14.8. The molecular formula is C23H37F3N4O2Si. The molecule has 1 unspecified atom stereocenters. The van der Waals surface area contributed by atoms with Crippen LogP contribution < -0.4 is 15.4 Å². The monoisotopic (exact) mass is 486 g/mol. The standard InChI is InChI=1S/C23H37F3N4O2Si/c1-22(2,3)20-15-29(10-11-30(20)21(31)32)18-12-17(23(24,25)26)13-19(14-18)33(4,5)16-28-8-6-27-7-9-28/h12-14,20,27H,6-11,15-16H2,1-5H3,(H,31,32). The Morgan fingerprint density at radius 3 is 2.27 bits per heavy atom. The van der Waals surface area contributed by atoms with Crippen LogP contribution in [0.15, 0.2) is 18.2 Å². The van der Waals surface area contributed by atoms with Crippen molar-refractivity contribution in [2.24, 2.45) is 5.41 Å². The van der Waals surface area contributed by atoms with Crippen LogP contribution in [0.2, 0.25) is 13.1 Å². The van der Waals surface area contributed by atoms with Crippen LogP contribution in [0.3, 0.4) is 0 Å². The van der Waals surface area contributed by atoms with Crippen LogP contribution in [0, 0.1) is 5.41 Å². The molecule has 1 aromatic carbocycles. The summed E-state index contributed by atoms with van der Waals surface area (Å²) in [5.41, 5.74) is -0.415. The maximum atomic E-state index is 13.9. The summed E-state index contributed by atoms with van der Waals surface area (Å²) < 4.78 is 41.7. The molecule has 2 heterocycles. The highest BCUT2D eigenvalue weighted by Gasteiger charge is 2.40. The predicted octanol–water partition coefficient (Wildman–Crippen LogP) is 3.28. The molecule has 2 N–H and O–H groups in total. The summed E-state index contributed by atoms with van der Waals surface area (Å²) in [6.07, 6.45) is -4.60. The van der Waals surface area contributed by atoms with E-state index in [2.05, 4.69) is 23.3 Å². The Hall–Kier alpha value is -1.78. The van der Waals surface area contributed by atoms with Crippen LogP contribution in [0.1, 0.15) is 26.3 Å². The van der Waals surface area contributed by atoms with Gasteiger partial charge in [0.1, 0.15) is 0 Å². The lowest BCUT2D eigenvalue weighted by Gasteiger charge is -2.47. The summed E-state index contributed by atoms with van der Waals surface area (Å²) in [5.74, 6) is 0.